The molecule has 1 amide bonds. The normalized spacial score (nSPS) is 17.5. The highest BCUT2D eigenvalue weighted by atomic mass is 16.5. The van der Waals surface area contributed by atoms with E-state index in [1.807, 2.05) is 12.1 Å². The third-order valence-corrected chi connectivity index (χ3v) is 6.56. The number of esters is 1. The van der Waals surface area contributed by atoms with Crippen LogP contribution in [-0.2, 0) is 9.53 Å². The van der Waals surface area contributed by atoms with Gasteiger partial charge in [-0.25, -0.2) is 4.79 Å². The summed E-state index contributed by atoms with van der Waals surface area (Å²) in [5.74, 6) is 0.818. The topological polar surface area (TPSA) is 64.6 Å². The Morgan fingerprint density at radius 3 is 2.06 bits per heavy atom. The first-order chi connectivity index (χ1) is 15.7. The number of rotatable bonds is 7. The maximum atomic E-state index is 12.3. The molecule has 170 valence electrons. The molecular weight excluding hydrogens is 402 g/mol. The van der Waals surface area contributed by atoms with Gasteiger partial charge in [0.1, 0.15) is 11.9 Å². The molecule has 4 rings (SSSR count). The van der Waals surface area contributed by atoms with Crippen LogP contribution in [-0.4, -0.2) is 24.6 Å². The molecule has 32 heavy (non-hydrogen) atoms. The summed E-state index contributed by atoms with van der Waals surface area (Å²) < 4.78 is 11.2. The molecule has 1 N–H and O–H groups in total. The number of nitrogens with one attached hydrogen (secondary N) is 1. The zero-order valence-electron chi connectivity index (χ0n) is 18.7. The Kier molecular flexibility index (Phi) is 7.81. The van der Waals surface area contributed by atoms with E-state index >= 15 is 0 Å². The predicted molar refractivity (Wildman–Crippen MR) is 125 cm³/mol. The summed E-state index contributed by atoms with van der Waals surface area (Å²) in [4.78, 5) is 24.6. The van der Waals surface area contributed by atoms with Gasteiger partial charge >= 0.3 is 5.97 Å². The maximum absolute atomic E-state index is 12.3. The lowest BCUT2D eigenvalue weighted by Gasteiger charge is -2.22. The first kappa shape index (κ1) is 22.4. The van der Waals surface area contributed by atoms with Crippen LogP contribution in [0.25, 0.3) is 0 Å². The molecule has 0 aliphatic heterocycles. The molecule has 0 aromatic heterocycles. The minimum absolute atomic E-state index is 0.0320. The van der Waals surface area contributed by atoms with Gasteiger partial charge in [-0.1, -0.05) is 37.8 Å². The van der Waals surface area contributed by atoms with Crippen molar-refractivity contribution in [2.45, 2.75) is 76.2 Å². The Morgan fingerprint density at radius 2 is 1.41 bits per heavy atom. The van der Waals surface area contributed by atoms with Crippen molar-refractivity contribution < 1.29 is 19.1 Å². The van der Waals surface area contributed by atoms with Crippen LogP contribution in [0.2, 0.25) is 0 Å². The van der Waals surface area contributed by atoms with Gasteiger partial charge in [-0.3, -0.25) is 4.79 Å². The molecule has 2 aliphatic carbocycles. The van der Waals surface area contributed by atoms with Crippen LogP contribution >= 0.6 is 0 Å². The molecule has 0 unspecified atom stereocenters. The lowest BCUT2D eigenvalue weighted by Crippen LogP contribution is -2.21. The van der Waals surface area contributed by atoms with Crippen molar-refractivity contribution in [3.05, 3.63) is 59.7 Å². The smallest absolute Gasteiger partial charge is 0.338 e. The minimum atomic E-state index is -0.296. The highest BCUT2D eigenvalue weighted by molar-refractivity contribution is 5.93. The third kappa shape index (κ3) is 6.35. The Bertz CT molecular complexity index is 879. The zero-order valence-corrected chi connectivity index (χ0v) is 18.7. The molecule has 5 nitrogen and oxygen atoms in total. The SMILES string of the molecule is O=C(COc1ccc(C2CCCCC2)cc1)Nc1ccc(C(=O)OC2CCCCC2)cc1. The Balaban J connectivity index is 1.22. The highest BCUT2D eigenvalue weighted by Crippen LogP contribution is 2.33. The van der Waals surface area contributed by atoms with E-state index in [4.69, 9.17) is 9.47 Å². The van der Waals surface area contributed by atoms with Crippen LogP contribution < -0.4 is 10.1 Å². The molecule has 2 aliphatic rings. The average Bonchev–Trinajstić information content (AvgIpc) is 2.85. The summed E-state index contributed by atoms with van der Waals surface area (Å²) in [7, 11) is 0. The van der Waals surface area contributed by atoms with Gasteiger partial charge in [0.15, 0.2) is 6.61 Å². The number of ether oxygens (including phenoxy) is 2. The second kappa shape index (κ2) is 11.2. The van der Waals surface area contributed by atoms with Crippen LogP contribution in [0.1, 0.15) is 86.0 Å². The monoisotopic (exact) mass is 435 g/mol. The largest absolute Gasteiger partial charge is 0.484 e. The maximum Gasteiger partial charge on any atom is 0.338 e. The molecule has 0 bridgehead atoms. The number of benzene rings is 2. The van der Waals surface area contributed by atoms with Crippen LogP contribution in [0.4, 0.5) is 5.69 Å². The number of carbonyl (C=O) groups is 2. The van der Waals surface area contributed by atoms with E-state index in [2.05, 4.69) is 17.4 Å². The minimum Gasteiger partial charge on any atom is -0.484 e. The van der Waals surface area contributed by atoms with Gasteiger partial charge in [-0.2, -0.15) is 0 Å². The molecule has 0 radical (unpaired) electrons. The van der Waals surface area contributed by atoms with Gasteiger partial charge < -0.3 is 14.8 Å². The number of anilines is 1. The van der Waals surface area contributed by atoms with Crippen molar-refractivity contribution in [2.75, 3.05) is 11.9 Å². The first-order valence-electron chi connectivity index (χ1n) is 12.0. The van der Waals surface area contributed by atoms with Crippen LogP contribution in [0, 0.1) is 0 Å². The van der Waals surface area contributed by atoms with Gasteiger partial charge in [-0.15, -0.1) is 0 Å². The molecule has 2 fully saturated rings. The van der Waals surface area contributed by atoms with Crippen LogP contribution in [0.3, 0.4) is 0 Å². The molecule has 0 atom stereocenters. The molecular formula is C27H33NO4. The standard InChI is InChI=1S/C27H33NO4/c29-26(19-31-24-17-13-21(14-18-24)20-7-3-1-4-8-20)28-23-15-11-22(12-16-23)27(30)32-25-9-5-2-6-10-25/h11-18,20,25H,1-10,19H2,(H,28,29). The summed E-state index contributed by atoms with van der Waals surface area (Å²) in [5, 5.41) is 2.81. The summed E-state index contributed by atoms with van der Waals surface area (Å²) in [5.41, 5.74) is 2.49. The zero-order chi connectivity index (χ0) is 22.2. The second-order valence-corrected chi connectivity index (χ2v) is 8.98. The van der Waals surface area contributed by atoms with Gasteiger partial charge in [0.25, 0.3) is 5.91 Å². The predicted octanol–water partition coefficient (Wildman–Crippen LogP) is 6.24. The van der Waals surface area contributed by atoms with Crippen molar-refractivity contribution in [2.24, 2.45) is 0 Å². The molecule has 2 aromatic carbocycles. The van der Waals surface area contributed by atoms with Gasteiger partial charge in [0, 0.05) is 5.69 Å². The fraction of sp³-hybridized carbons (Fsp3) is 0.481. The van der Waals surface area contributed by atoms with E-state index in [-0.39, 0.29) is 24.6 Å². The fourth-order valence-corrected chi connectivity index (χ4v) is 4.71. The van der Waals surface area contributed by atoms with Crippen molar-refractivity contribution in [1.82, 2.24) is 0 Å². The summed E-state index contributed by atoms with van der Waals surface area (Å²) in [6.07, 6.45) is 11.9. The van der Waals surface area contributed by atoms with Crippen LogP contribution in [0.15, 0.2) is 48.5 Å². The van der Waals surface area contributed by atoms with Crippen molar-refractivity contribution >= 4 is 17.6 Å². The highest BCUT2D eigenvalue weighted by Gasteiger charge is 2.19. The molecule has 0 saturated heterocycles. The van der Waals surface area contributed by atoms with E-state index in [0.29, 0.717) is 22.9 Å². The van der Waals surface area contributed by atoms with Gasteiger partial charge in [0.05, 0.1) is 5.56 Å². The van der Waals surface area contributed by atoms with E-state index in [1.165, 1.54) is 44.1 Å². The van der Waals surface area contributed by atoms with E-state index < -0.39 is 0 Å². The molecule has 0 heterocycles. The number of hydrogen-bond donors (Lipinski definition) is 1. The summed E-state index contributed by atoms with van der Waals surface area (Å²) >= 11 is 0. The Morgan fingerprint density at radius 1 is 0.781 bits per heavy atom. The van der Waals surface area contributed by atoms with Crippen molar-refractivity contribution in [1.29, 1.82) is 0 Å². The first-order valence-corrected chi connectivity index (χ1v) is 12.0. The lowest BCUT2D eigenvalue weighted by molar-refractivity contribution is -0.118. The molecule has 0 spiro atoms. The third-order valence-electron chi connectivity index (χ3n) is 6.56. The number of amides is 1. The Hall–Kier alpha value is -2.82. The summed E-state index contributed by atoms with van der Waals surface area (Å²) in [6.45, 7) is -0.0613. The van der Waals surface area contributed by atoms with E-state index in [1.54, 1.807) is 24.3 Å². The van der Waals surface area contributed by atoms with E-state index in [0.717, 1.165) is 25.7 Å². The lowest BCUT2D eigenvalue weighted by atomic mass is 9.84. The Labute approximate surface area is 190 Å². The second-order valence-electron chi connectivity index (χ2n) is 8.98. The van der Waals surface area contributed by atoms with Crippen molar-refractivity contribution in [3.63, 3.8) is 0 Å². The van der Waals surface area contributed by atoms with Gasteiger partial charge in [0.2, 0.25) is 0 Å². The van der Waals surface area contributed by atoms with Crippen molar-refractivity contribution in [3.8, 4) is 5.75 Å². The van der Waals surface area contributed by atoms with Crippen LogP contribution in [0.5, 0.6) is 5.75 Å². The van der Waals surface area contributed by atoms with E-state index in [9.17, 15) is 9.59 Å². The fourth-order valence-electron chi connectivity index (χ4n) is 4.71. The number of carbonyl (C=O) groups excluding carboxylic acids is 2. The number of hydrogen-bond acceptors (Lipinski definition) is 4. The molecule has 5 heteroatoms. The quantitative estimate of drug-likeness (QED) is 0.523. The summed E-state index contributed by atoms with van der Waals surface area (Å²) in [6, 6.07) is 14.9. The molecule has 2 aromatic rings. The van der Waals surface area contributed by atoms with Gasteiger partial charge in [-0.05, 0) is 86.4 Å². The molecule has 2 saturated carbocycles. The average molecular weight is 436 g/mol.